The molecule has 0 aromatic carbocycles. The van der Waals surface area contributed by atoms with E-state index in [1.807, 2.05) is 27.7 Å². The number of rotatable bonds is 6. The third-order valence-electron chi connectivity index (χ3n) is 2.80. The minimum atomic E-state index is -0.891. The van der Waals surface area contributed by atoms with Crippen LogP contribution < -0.4 is 5.32 Å². The van der Waals surface area contributed by atoms with Crippen LogP contribution in [0.1, 0.15) is 54.4 Å². The van der Waals surface area contributed by atoms with Crippen LogP contribution in [0.25, 0.3) is 0 Å². The van der Waals surface area contributed by atoms with Gasteiger partial charge >= 0.3 is 12.0 Å². The molecule has 0 aromatic rings. The van der Waals surface area contributed by atoms with E-state index in [4.69, 9.17) is 5.11 Å². The Kier molecular flexibility index (Phi) is 6.87. The quantitative estimate of drug-likeness (QED) is 0.781. The van der Waals surface area contributed by atoms with Crippen LogP contribution in [-0.4, -0.2) is 40.1 Å². The number of nitrogens with zero attached hydrogens (tertiary/aromatic N) is 1. The first kappa shape index (κ1) is 17.7. The second-order valence-electron chi connectivity index (χ2n) is 6.45. The van der Waals surface area contributed by atoms with Crippen LogP contribution in [-0.2, 0) is 4.79 Å². The van der Waals surface area contributed by atoms with Crippen LogP contribution in [0.5, 0.6) is 0 Å². The van der Waals surface area contributed by atoms with Crippen molar-refractivity contribution in [1.29, 1.82) is 0 Å². The number of carbonyl (C=O) groups excluding carboxylic acids is 1. The van der Waals surface area contributed by atoms with Crippen LogP contribution in [0.3, 0.4) is 0 Å². The fraction of sp³-hybridized carbons (Fsp3) is 0.857. The van der Waals surface area contributed by atoms with E-state index in [1.54, 1.807) is 4.90 Å². The summed E-state index contributed by atoms with van der Waals surface area (Å²) in [5.41, 5.74) is -0.392. The summed E-state index contributed by atoms with van der Waals surface area (Å²) in [6.07, 6.45) is 0.867. The van der Waals surface area contributed by atoms with E-state index in [0.29, 0.717) is 5.92 Å². The first-order valence-corrected chi connectivity index (χ1v) is 6.84. The predicted octanol–water partition coefficient (Wildman–Crippen LogP) is 2.71. The largest absolute Gasteiger partial charge is 0.481 e. The number of carboxylic acid groups (broad SMARTS) is 1. The molecule has 0 bridgehead atoms. The zero-order chi connectivity index (χ0) is 15.2. The molecule has 0 aliphatic rings. The van der Waals surface area contributed by atoms with Crippen molar-refractivity contribution in [3.05, 3.63) is 0 Å². The normalized spacial score (nSPS) is 13.2. The number of aliphatic carboxylic acids is 1. The van der Waals surface area contributed by atoms with Crippen LogP contribution in [0.4, 0.5) is 4.79 Å². The summed E-state index contributed by atoms with van der Waals surface area (Å²) >= 11 is 0. The highest BCUT2D eigenvalue weighted by Gasteiger charge is 2.27. The number of hydrogen-bond donors (Lipinski definition) is 2. The molecule has 5 heteroatoms. The number of carboxylic acids is 1. The molecule has 0 aliphatic heterocycles. The van der Waals surface area contributed by atoms with Gasteiger partial charge in [0.2, 0.25) is 0 Å². The smallest absolute Gasteiger partial charge is 0.318 e. The van der Waals surface area contributed by atoms with Gasteiger partial charge in [0.05, 0.1) is 6.42 Å². The fourth-order valence-corrected chi connectivity index (χ4v) is 2.00. The molecule has 0 rings (SSSR count). The summed E-state index contributed by atoms with van der Waals surface area (Å²) in [7, 11) is 0. The molecule has 5 nitrogen and oxygen atoms in total. The van der Waals surface area contributed by atoms with E-state index >= 15 is 0 Å². The Hall–Kier alpha value is -1.26. The van der Waals surface area contributed by atoms with Crippen molar-refractivity contribution in [2.45, 2.75) is 66.0 Å². The molecule has 0 fully saturated rings. The third-order valence-corrected chi connectivity index (χ3v) is 2.80. The van der Waals surface area contributed by atoms with E-state index in [-0.39, 0.29) is 25.0 Å². The van der Waals surface area contributed by atoms with Crippen LogP contribution in [0, 0.1) is 5.92 Å². The van der Waals surface area contributed by atoms with E-state index in [1.165, 1.54) is 0 Å². The summed E-state index contributed by atoms with van der Waals surface area (Å²) in [6, 6.07) is -0.107. The van der Waals surface area contributed by atoms with Crippen molar-refractivity contribution < 1.29 is 14.7 Å². The minimum absolute atomic E-state index is 0.0384. The fourth-order valence-electron chi connectivity index (χ4n) is 2.00. The second-order valence-corrected chi connectivity index (χ2v) is 6.45. The van der Waals surface area contributed by atoms with Crippen LogP contribution >= 0.6 is 0 Å². The monoisotopic (exact) mass is 272 g/mol. The zero-order valence-corrected chi connectivity index (χ0v) is 13.0. The van der Waals surface area contributed by atoms with Crippen LogP contribution in [0.2, 0.25) is 0 Å². The van der Waals surface area contributed by atoms with Gasteiger partial charge in [-0.1, -0.05) is 13.8 Å². The highest BCUT2D eigenvalue weighted by molar-refractivity contribution is 5.76. The maximum Gasteiger partial charge on any atom is 0.318 e. The molecule has 0 radical (unpaired) electrons. The summed E-state index contributed by atoms with van der Waals surface area (Å²) in [6.45, 7) is 12.1. The van der Waals surface area contributed by atoms with Gasteiger partial charge in [-0.3, -0.25) is 4.79 Å². The van der Waals surface area contributed by atoms with Crippen molar-refractivity contribution >= 4 is 12.0 Å². The van der Waals surface area contributed by atoms with Gasteiger partial charge in [0.15, 0.2) is 0 Å². The van der Waals surface area contributed by atoms with Crippen molar-refractivity contribution in [1.82, 2.24) is 10.2 Å². The Morgan fingerprint density at radius 3 is 2.11 bits per heavy atom. The molecule has 0 aromatic heterocycles. The van der Waals surface area contributed by atoms with E-state index < -0.39 is 11.5 Å². The summed E-state index contributed by atoms with van der Waals surface area (Å²) in [5, 5.41) is 11.7. The number of carbonyl (C=O) groups is 2. The van der Waals surface area contributed by atoms with Gasteiger partial charge in [0.25, 0.3) is 0 Å². The SMILES string of the molecule is CC(C)CC(C)NC(=O)N(CCC(=O)O)C(C)(C)C. The summed E-state index contributed by atoms with van der Waals surface area (Å²) in [4.78, 5) is 24.5. The average molecular weight is 272 g/mol. The van der Waals surface area contributed by atoms with Gasteiger partial charge in [-0.25, -0.2) is 4.79 Å². The highest BCUT2D eigenvalue weighted by Crippen LogP contribution is 2.15. The maximum atomic E-state index is 12.2. The molecule has 1 atom stereocenters. The van der Waals surface area contributed by atoms with Gasteiger partial charge in [0.1, 0.15) is 0 Å². The maximum absolute atomic E-state index is 12.2. The van der Waals surface area contributed by atoms with Crippen molar-refractivity contribution in [3.63, 3.8) is 0 Å². The third kappa shape index (κ3) is 7.70. The standard InChI is InChI=1S/C14H28N2O3/c1-10(2)9-11(3)15-13(19)16(14(4,5)6)8-7-12(17)18/h10-11H,7-9H2,1-6H3,(H,15,19)(H,17,18). The Morgan fingerprint density at radius 2 is 1.74 bits per heavy atom. The first-order chi connectivity index (χ1) is 8.54. The Morgan fingerprint density at radius 1 is 1.21 bits per heavy atom. The van der Waals surface area contributed by atoms with Crippen molar-refractivity contribution in [2.24, 2.45) is 5.92 Å². The second kappa shape index (κ2) is 7.36. The Balaban J connectivity index is 4.59. The molecule has 0 saturated carbocycles. The summed E-state index contributed by atoms with van der Waals surface area (Å²) in [5.74, 6) is -0.380. The Labute approximate surface area is 116 Å². The van der Waals surface area contributed by atoms with Gasteiger partial charge < -0.3 is 15.3 Å². The van der Waals surface area contributed by atoms with Crippen molar-refractivity contribution in [3.8, 4) is 0 Å². The molecule has 0 spiro atoms. The number of nitrogens with one attached hydrogen (secondary N) is 1. The van der Waals surface area contributed by atoms with E-state index in [2.05, 4.69) is 19.2 Å². The molecule has 0 aliphatic carbocycles. The number of hydrogen-bond acceptors (Lipinski definition) is 2. The van der Waals surface area contributed by atoms with Gasteiger partial charge in [-0.05, 0) is 40.0 Å². The average Bonchev–Trinajstić information content (AvgIpc) is 2.12. The van der Waals surface area contributed by atoms with E-state index in [9.17, 15) is 9.59 Å². The Bertz CT molecular complexity index is 308. The molecular weight excluding hydrogens is 244 g/mol. The van der Waals surface area contributed by atoms with Gasteiger partial charge in [0, 0.05) is 18.1 Å². The van der Waals surface area contributed by atoms with Gasteiger partial charge in [-0.2, -0.15) is 0 Å². The van der Waals surface area contributed by atoms with Gasteiger partial charge in [-0.15, -0.1) is 0 Å². The zero-order valence-electron chi connectivity index (χ0n) is 13.0. The number of urea groups is 1. The lowest BCUT2D eigenvalue weighted by atomic mass is 10.0. The van der Waals surface area contributed by atoms with Crippen LogP contribution in [0.15, 0.2) is 0 Å². The molecule has 2 amide bonds. The molecule has 0 saturated heterocycles. The molecule has 0 heterocycles. The van der Waals surface area contributed by atoms with Crippen molar-refractivity contribution in [2.75, 3.05) is 6.54 Å². The topological polar surface area (TPSA) is 69.6 Å². The lowest BCUT2D eigenvalue weighted by Gasteiger charge is -2.36. The molecule has 19 heavy (non-hydrogen) atoms. The molecule has 112 valence electrons. The highest BCUT2D eigenvalue weighted by atomic mass is 16.4. The molecule has 1 unspecified atom stereocenters. The summed E-state index contributed by atoms with van der Waals surface area (Å²) < 4.78 is 0. The number of amides is 2. The lowest BCUT2D eigenvalue weighted by molar-refractivity contribution is -0.137. The lowest BCUT2D eigenvalue weighted by Crippen LogP contribution is -2.53. The molecular formula is C14H28N2O3. The first-order valence-electron chi connectivity index (χ1n) is 6.84. The van der Waals surface area contributed by atoms with E-state index in [0.717, 1.165) is 6.42 Å². The predicted molar refractivity (Wildman–Crippen MR) is 76.2 cm³/mol. The molecule has 2 N–H and O–H groups in total. The minimum Gasteiger partial charge on any atom is -0.481 e.